The molecule has 0 aromatic rings. The van der Waals surface area contributed by atoms with Gasteiger partial charge in [0, 0.05) is 7.11 Å². The van der Waals surface area contributed by atoms with E-state index in [0.717, 1.165) is 5.57 Å². The van der Waals surface area contributed by atoms with Gasteiger partial charge in [-0.2, -0.15) is 0 Å². The summed E-state index contributed by atoms with van der Waals surface area (Å²) in [5.41, 5.74) is 0.771. The molecule has 0 aromatic heterocycles. The molecular weight excluding hydrogens is 160 g/mol. The van der Waals surface area contributed by atoms with Crippen LogP contribution in [0.15, 0.2) is 11.6 Å². The third kappa shape index (κ3) is 1.84. The summed E-state index contributed by atoms with van der Waals surface area (Å²) in [6, 6.07) is 0. The van der Waals surface area contributed by atoms with Crippen LogP contribution >= 0.6 is 0 Å². The Morgan fingerprint density at radius 2 is 2.33 bits per heavy atom. The summed E-state index contributed by atoms with van der Waals surface area (Å²) < 4.78 is 10.1. The largest absolute Gasteiger partial charge is 0.394 e. The molecule has 4 nitrogen and oxygen atoms in total. The average Bonchev–Trinajstić information content (AvgIpc) is 2.09. The molecule has 1 heterocycles. The number of aliphatic hydroxyl groups is 2. The molecule has 0 fully saturated rings. The first-order chi connectivity index (χ1) is 5.69. The summed E-state index contributed by atoms with van der Waals surface area (Å²) in [5.74, 6) is 0. The van der Waals surface area contributed by atoms with Gasteiger partial charge in [-0.3, -0.25) is 0 Å². The van der Waals surface area contributed by atoms with E-state index in [-0.39, 0.29) is 6.61 Å². The van der Waals surface area contributed by atoms with Crippen LogP contribution in [0.1, 0.15) is 6.92 Å². The Bertz CT molecular complexity index is 178. The van der Waals surface area contributed by atoms with E-state index in [2.05, 4.69) is 0 Å². The SMILES string of the molecule is COC1C=C(C)C(O)C(CO)O1. The fourth-order valence-corrected chi connectivity index (χ4v) is 1.16. The van der Waals surface area contributed by atoms with Crippen molar-refractivity contribution in [3.05, 3.63) is 11.6 Å². The van der Waals surface area contributed by atoms with E-state index in [0.29, 0.717) is 0 Å². The molecule has 3 unspecified atom stereocenters. The molecular formula is C8H14O4. The molecule has 0 saturated carbocycles. The molecule has 4 heteroatoms. The summed E-state index contributed by atoms with van der Waals surface area (Å²) >= 11 is 0. The highest BCUT2D eigenvalue weighted by atomic mass is 16.7. The van der Waals surface area contributed by atoms with Gasteiger partial charge in [0.2, 0.25) is 0 Å². The molecule has 0 spiro atoms. The lowest BCUT2D eigenvalue weighted by Crippen LogP contribution is -2.40. The zero-order chi connectivity index (χ0) is 9.14. The maximum atomic E-state index is 9.44. The summed E-state index contributed by atoms with van der Waals surface area (Å²) in [6.45, 7) is 1.58. The lowest BCUT2D eigenvalue weighted by atomic mass is 10.0. The third-order valence-electron chi connectivity index (χ3n) is 1.94. The molecule has 1 aliphatic heterocycles. The van der Waals surface area contributed by atoms with E-state index in [9.17, 15) is 5.11 Å². The average molecular weight is 174 g/mol. The molecule has 0 saturated heterocycles. The highest BCUT2D eigenvalue weighted by Crippen LogP contribution is 2.19. The Kier molecular flexibility index (Phi) is 3.22. The molecule has 0 aromatic carbocycles. The van der Waals surface area contributed by atoms with Crippen molar-refractivity contribution >= 4 is 0 Å². The van der Waals surface area contributed by atoms with Gasteiger partial charge in [0.25, 0.3) is 0 Å². The molecule has 1 rings (SSSR count). The van der Waals surface area contributed by atoms with Crippen molar-refractivity contribution in [2.24, 2.45) is 0 Å². The molecule has 0 amide bonds. The molecule has 1 aliphatic rings. The predicted molar refractivity (Wildman–Crippen MR) is 42.5 cm³/mol. The number of hydrogen-bond donors (Lipinski definition) is 2. The number of hydrogen-bond acceptors (Lipinski definition) is 4. The van der Waals surface area contributed by atoms with Crippen LogP contribution in [0.2, 0.25) is 0 Å². The second-order valence-corrected chi connectivity index (χ2v) is 2.82. The van der Waals surface area contributed by atoms with Crippen molar-refractivity contribution in [2.75, 3.05) is 13.7 Å². The fraction of sp³-hybridized carbons (Fsp3) is 0.750. The van der Waals surface area contributed by atoms with Gasteiger partial charge >= 0.3 is 0 Å². The van der Waals surface area contributed by atoms with Gasteiger partial charge in [-0.15, -0.1) is 0 Å². The molecule has 2 N–H and O–H groups in total. The monoisotopic (exact) mass is 174 g/mol. The van der Waals surface area contributed by atoms with Crippen LogP contribution in [0.3, 0.4) is 0 Å². The van der Waals surface area contributed by atoms with Gasteiger partial charge in [0.1, 0.15) is 12.2 Å². The first-order valence-corrected chi connectivity index (χ1v) is 3.84. The minimum Gasteiger partial charge on any atom is -0.394 e. The Morgan fingerprint density at radius 1 is 1.67 bits per heavy atom. The van der Waals surface area contributed by atoms with Crippen LogP contribution in [-0.4, -0.2) is 42.4 Å². The first-order valence-electron chi connectivity index (χ1n) is 3.84. The highest BCUT2D eigenvalue weighted by Gasteiger charge is 2.28. The number of ether oxygens (including phenoxy) is 2. The maximum Gasteiger partial charge on any atom is 0.177 e. The van der Waals surface area contributed by atoms with Crippen molar-refractivity contribution in [2.45, 2.75) is 25.4 Å². The van der Waals surface area contributed by atoms with Crippen molar-refractivity contribution in [1.29, 1.82) is 0 Å². The molecule has 0 aliphatic carbocycles. The summed E-state index contributed by atoms with van der Waals surface area (Å²) in [7, 11) is 1.51. The molecule has 0 radical (unpaired) electrons. The van der Waals surface area contributed by atoms with Crippen LogP contribution in [0.5, 0.6) is 0 Å². The number of rotatable bonds is 2. The van der Waals surface area contributed by atoms with Crippen LogP contribution in [0, 0.1) is 0 Å². The Morgan fingerprint density at radius 3 is 2.83 bits per heavy atom. The van der Waals surface area contributed by atoms with Crippen LogP contribution < -0.4 is 0 Å². The summed E-state index contributed by atoms with van der Waals surface area (Å²) in [6.07, 6.45) is -0.0523. The number of aliphatic hydroxyl groups excluding tert-OH is 2. The fourth-order valence-electron chi connectivity index (χ4n) is 1.16. The summed E-state index contributed by atoms with van der Waals surface area (Å²) in [4.78, 5) is 0. The van der Waals surface area contributed by atoms with Crippen molar-refractivity contribution in [3.8, 4) is 0 Å². The van der Waals surface area contributed by atoms with Gasteiger partial charge in [0.15, 0.2) is 6.29 Å². The lowest BCUT2D eigenvalue weighted by molar-refractivity contribution is -0.171. The molecule has 0 bridgehead atoms. The minimum absolute atomic E-state index is 0.202. The van der Waals surface area contributed by atoms with Gasteiger partial charge in [-0.25, -0.2) is 0 Å². The number of methoxy groups -OCH3 is 1. The zero-order valence-electron chi connectivity index (χ0n) is 7.23. The second-order valence-electron chi connectivity index (χ2n) is 2.82. The zero-order valence-corrected chi connectivity index (χ0v) is 7.23. The van der Waals surface area contributed by atoms with Crippen LogP contribution in [0.4, 0.5) is 0 Å². The van der Waals surface area contributed by atoms with E-state index >= 15 is 0 Å². The van der Waals surface area contributed by atoms with Gasteiger partial charge < -0.3 is 19.7 Å². The minimum atomic E-state index is -0.721. The maximum absolute atomic E-state index is 9.44. The standard InChI is InChI=1S/C8H14O4/c1-5-3-7(11-2)12-6(4-9)8(5)10/h3,6-10H,4H2,1-2H3. The van der Waals surface area contributed by atoms with E-state index in [1.165, 1.54) is 7.11 Å². The van der Waals surface area contributed by atoms with E-state index in [1.807, 2.05) is 0 Å². The van der Waals surface area contributed by atoms with Gasteiger partial charge in [0.05, 0.1) is 6.61 Å². The van der Waals surface area contributed by atoms with Gasteiger partial charge in [-0.1, -0.05) is 0 Å². The molecule has 70 valence electrons. The predicted octanol–water partition coefficient (Wildman–Crippen LogP) is -0.343. The van der Waals surface area contributed by atoms with E-state index in [4.69, 9.17) is 14.6 Å². The van der Waals surface area contributed by atoms with Gasteiger partial charge in [-0.05, 0) is 18.6 Å². The van der Waals surface area contributed by atoms with E-state index in [1.54, 1.807) is 13.0 Å². The normalized spacial score (nSPS) is 36.3. The Labute approximate surface area is 71.4 Å². The Balaban J connectivity index is 2.69. The van der Waals surface area contributed by atoms with Crippen LogP contribution in [-0.2, 0) is 9.47 Å². The van der Waals surface area contributed by atoms with Crippen molar-refractivity contribution in [3.63, 3.8) is 0 Å². The van der Waals surface area contributed by atoms with Crippen LogP contribution in [0.25, 0.3) is 0 Å². The summed E-state index contributed by atoms with van der Waals surface area (Å²) in [5, 5.41) is 18.3. The molecule has 3 atom stereocenters. The quantitative estimate of drug-likeness (QED) is 0.562. The Hall–Kier alpha value is -0.420. The third-order valence-corrected chi connectivity index (χ3v) is 1.94. The first kappa shape index (κ1) is 9.67. The lowest BCUT2D eigenvalue weighted by Gasteiger charge is -2.30. The smallest absolute Gasteiger partial charge is 0.177 e. The van der Waals surface area contributed by atoms with Crippen molar-refractivity contribution < 1.29 is 19.7 Å². The second kappa shape index (κ2) is 4.00. The van der Waals surface area contributed by atoms with E-state index < -0.39 is 18.5 Å². The van der Waals surface area contributed by atoms with Crippen molar-refractivity contribution in [1.82, 2.24) is 0 Å². The topological polar surface area (TPSA) is 58.9 Å². The highest BCUT2D eigenvalue weighted by molar-refractivity contribution is 5.11. The molecule has 12 heavy (non-hydrogen) atoms.